The van der Waals surface area contributed by atoms with Gasteiger partial charge in [-0.2, -0.15) is 5.10 Å². The van der Waals surface area contributed by atoms with Crippen LogP contribution in [0.2, 0.25) is 0 Å². The van der Waals surface area contributed by atoms with Crippen molar-refractivity contribution in [3.63, 3.8) is 0 Å². The van der Waals surface area contributed by atoms with Crippen LogP contribution in [-0.4, -0.2) is 71.3 Å². The summed E-state index contributed by atoms with van der Waals surface area (Å²) in [4.78, 5) is 31.5. The van der Waals surface area contributed by atoms with E-state index < -0.39 is 0 Å². The number of piperidine rings is 1. The van der Waals surface area contributed by atoms with Gasteiger partial charge in [0.25, 0.3) is 5.56 Å². The van der Waals surface area contributed by atoms with Gasteiger partial charge in [-0.15, -0.1) is 0 Å². The number of piperazine rings is 1. The molecule has 2 saturated heterocycles. The van der Waals surface area contributed by atoms with Crippen molar-refractivity contribution in [3.05, 3.63) is 22.6 Å². The van der Waals surface area contributed by atoms with Gasteiger partial charge in [0.2, 0.25) is 5.91 Å². The van der Waals surface area contributed by atoms with Gasteiger partial charge in [0, 0.05) is 57.8 Å². The van der Waals surface area contributed by atoms with E-state index >= 15 is 0 Å². The van der Waals surface area contributed by atoms with E-state index in [2.05, 4.69) is 21.8 Å². The molecular formula is C19H31N5O2. The van der Waals surface area contributed by atoms with Gasteiger partial charge < -0.3 is 14.7 Å². The largest absolute Gasteiger partial charge is 0.370 e. The maximum absolute atomic E-state index is 12.8. The third-order valence-electron chi connectivity index (χ3n) is 5.63. The highest BCUT2D eigenvalue weighted by Crippen LogP contribution is 2.24. The van der Waals surface area contributed by atoms with E-state index in [4.69, 9.17) is 0 Å². The summed E-state index contributed by atoms with van der Waals surface area (Å²) in [7, 11) is 0. The third kappa shape index (κ3) is 4.26. The van der Waals surface area contributed by atoms with Gasteiger partial charge in [0.05, 0.1) is 11.9 Å². The van der Waals surface area contributed by atoms with Gasteiger partial charge in [-0.25, -0.2) is 4.68 Å². The first-order valence-electron chi connectivity index (χ1n) is 9.95. The Hall–Kier alpha value is -1.89. The van der Waals surface area contributed by atoms with Crippen LogP contribution in [0.3, 0.4) is 0 Å². The lowest BCUT2D eigenvalue weighted by Gasteiger charge is -2.38. The van der Waals surface area contributed by atoms with Crippen molar-refractivity contribution in [2.45, 2.75) is 39.7 Å². The van der Waals surface area contributed by atoms with Gasteiger partial charge in [-0.3, -0.25) is 9.59 Å². The summed E-state index contributed by atoms with van der Waals surface area (Å²) in [6.07, 6.45) is 4.38. The maximum atomic E-state index is 12.8. The average molecular weight is 361 g/mol. The second-order valence-electron chi connectivity index (χ2n) is 7.30. The first-order chi connectivity index (χ1) is 12.6. The second kappa shape index (κ2) is 8.66. The van der Waals surface area contributed by atoms with Crippen molar-refractivity contribution in [1.82, 2.24) is 19.6 Å². The van der Waals surface area contributed by atoms with E-state index in [1.165, 1.54) is 4.68 Å². The van der Waals surface area contributed by atoms with Crippen LogP contribution in [0.25, 0.3) is 0 Å². The number of rotatable bonds is 5. The summed E-state index contributed by atoms with van der Waals surface area (Å²) < 4.78 is 1.51. The number of hydrogen-bond donors (Lipinski definition) is 0. The number of carbonyl (C=O) groups excluding carboxylic acids is 1. The molecule has 0 bridgehead atoms. The molecule has 7 heteroatoms. The summed E-state index contributed by atoms with van der Waals surface area (Å²) in [5.74, 6) is 0.435. The van der Waals surface area contributed by atoms with E-state index in [0.29, 0.717) is 12.5 Å². The lowest BCUT2D eigenvalue weighted by Crippen LogP contribution is -2.51. The van der Waals surface area contributed by atoms with Crippen LogP contribution >= 0.6 is 0 Å². The quantitative estimate of drug-likeness (QED) is 0.784. The molecule has 7 nitrogen and oxygen atoms in total. The molecule has 0 unspecified atom stereocenters. The van der Waals surface area contributed by atoms with E-state index in [1.807, 2.05) is 11.8 Å². The molecule has 0 N–H and O–H groups in total. The monoisotopic (exact) mass is 361 g/mol. The normalized spacial score (nSPS) is 19.8. The Morgan fingerprint density at radius 3 is 2.38 bits per heavy atom. The molecule has 2 aliphatic rings. The van der Waals surface area contributed by atoms with Crippen molar-refractivity contribution in [3.8, 4) is 0 Å². The second-order valence-corrected chi connectivity index (χ2v) is 7.30. The van der Waals surface area contributed by atoms with Crippen molar-refractivity contribution < 1.29 is 4.79 Å². The average Bonchev–Trinajstić information content (AvgIpc) is 2.69. The molecule has 3 heterocycles. The summed E-state index contributed by atoms with van der Waals surface area (Å²) >= 11 is 0. The molecule has 0 aliphatic carbocycles. The van der Waals surface area contributed by atoms with Gasteiger partial charge >= 0.3 is 0 Å². The lowest BCUT2D eigenvalue weighted by atomic mass is 9.94. The number of hydrogen-bond acceptors (Lipinski definition) is 5. The summed E-state index contributed by atoms with van der Waals surface area (Å²) in [5.41, 5.74) is 0.834. The van der Waals surface area contributed by atoms with E-state index in [0.717, 1.165) is 70.8 Å². The Morgan fingerprint density at radius 2 is 1.81 bits per heavy atom. The number of amides is 1. The molecule has 0 aromatic carbocycles. The molecular weight excluding hydrogens is 330 g/mol. The fraction of sp³-hybridized carbons (Fsp3) is 0.737. The van der Waals surface area contributed by atoms with Gasteiger partial charge in [-0.1, -0.05) is 13.8 Å². The maximum Gasteiger partial charge on any atom is 0.268 e. The van der Waals surface area contributed by atoms with Gasteiger partial charge in [0.1, 0.15) is 0 Å². The highest BCUT2D eigenvalue weighted by atomic mass is 16.2. The Bertz CT molecular complexity index is 658. The first-order valence-corrected chi connectivity index (χ1v) is 9.95. The molecule has 0 radical (unpaired) electrons. The fourth-order valence-corrected chi connectivity index (χ4v) is 3.90. The number of aromatic nitrogens is 2. The SMILES string of the molecule is CCCn1ncc(N2CCC(C(=O)N3CCN(CC)CC3)CC2)cc1=O. The van der Waals surface area contributed by atoms with E-state index in [1.54, 1.807) is 12.3 Å². The molecule has 2 fully saturated rings. The molecule has 1 amide bonds. The van der Waals surface area contributed by atoms with Crippen LogP contribution in [-0.2, 0) is 11.3 Å². The molecule has 0 spiro atoms. The summed E-state index contributed by atoms with van der Waals surface area (Å²) in [6, 6.07) is 1.68. The van der Waals surface area contributed by atoms with Crippen molar-refractivity contribution in [1.29, 1.82) is 0 Å². The molecule has 3 rings (SSSR count). The number of anilines is 1. The zero-order valence-corrected chi connectivity index (χ0v) is 16.1. The molecule has 1 aromatic heterocycles. The van der Waals surface area contributed by atoms with Crippen molar-refractivity contribution >= 4 is 11.6 Å². The van der Waals surface area contributed by atoms with E-state index in [-0.39, 0.29) is 11.5 Å². The Labute approximate surface area is 155 Å². The smallest absolute Gasteiger partial charge is 0.268 e. The molecule has 144 valence electrons. The number of nitrogens with zero attached hydrogens (tertiary/aromatic N) is 5. The van der Waals surface area contributed by atoms with Crippen molar-refractivity contribution in [2.75, 3.05) is 50.7 Å². The first kappa shape index (κ1) is 18.9. The lowest BCUT2D eigenvalue weighted by molar-refractivity contribution is -0.137. The Morgan fingerprint density at radius 1 is 1.12 bits per heavy atom. The van der Waals surface area contributed by atoms with Gasteiger partial charge in [-0.05, 0) is 25.8 Å². The molecule has 1 aromatic rings. The minimum atomic E-state index is -0.0451. The third-order valence-corrected chi connectivity index (χ3v) is 5.63. The Balaban J connectivity index is 1.53. The number of carbonyl (C=O) groups is 1. The summed E-state index contributed by atoms with van der Waals surface area (Å²) in [6.45, 7) is 11.2. The molecule has 0 atom stereocenters. The zero-order valence-electron chi connectivity index (χ0n) is 16.1. The number of likely N-dealkylation sites (N-methyl/N-ethyl adjacent to an activating group) is 1. The van der Waals surface area contributed by atoms with Crippen molar-refractivity contribution in [2.24, 2.45) is 5.92 Å². The van der Waals surface area contributed by atoms with Crippen LogP contribution in [0.15, 0.2) is 17.1 Å². The minimum absolute atomic E-state index is 0.0451. The predicted molar refractivity (Wildman–Crippen MR) is 102 cm³/mol. The Kier molecular flexibility index (Phi) is 6.29. The zero-order chi connectivity index (χ0) is 18.5. The predicted octanol–water partition coefficient (Wildman–Crippen LogP) is 1.03. The van der Waals surface area contributed by atoms with Crippen LogP contribution in [0.4, 0.5) is 5.69 Å². The standard InChI is InChI=1S/C19H31N5O2/c1-3-7-24-18(25)14-17(15-20-24)22-8-5-16(6-9-22)19(26)23-12-10-21(4-2)11-13-23/h14-16H,3-13H2,1-2H3. The number of aryl methyl sites for hydroxylation is 1. The highest BCUT2D eigenvalue weighted by molar-refractivity contribution is 5.79. The van der Waals surface area contributed by atoms with Crippen LogP contribution < -0.4 is 10.5 Å². The molecule has 0 saturated carbocycles. The summed E-state index contributed by atoms with van der Waals surface area (Å²) in [5, 5.41) is 4.27. The van der Waals surface area contributed by atoms with Crippen LogP contribution in [0.1, 0.15) is 33.1 Å². The fourth-order valence-electron chi connectivity index (χ4n) is 3.90. The molecule has 26 heavy (non-hydrogen) atoms. The van der Waals surface area contributed by atoms with E-state index in [9.17, 15) is 9.59 Å². The minimum Gasteiger partial charge on any atom is -0.370 e. The molecule has 2 aliphatic heterocycles. The highest BCUT2D eigenvalue weighted by Gasteiger charge is 2.30. The van der Waals surface area contributed by atoms with Crippen LogP contribution in [0, 0.1) is 5.92 Å². The topological polar surface area (TPSA) is 61.7 Å². The van der Waals surface area contributed by atoms with Crippen LogP contribution in [0.5, 0.6) is 0 Å². The van der Waals surface area contributed by atoms with Gasteiger partial charge in [0.15, 0.2) is 0 Å².